The number of fused-ring (bicyclic) bond motifs is 1. The zero-order chi connectivity index (χ0) is 19.3. The summed E-state index contributed by atoms with van der Waals surface area (Å²) in [6, 6.07) is 5.48. The summed E-state index contributed by atoms with van der Waals surface area (Å²) in [5.74, 6) is -0.0749. The van der Waals surface area contributed by atoms with E-state index in [4.69, 9.17) is 5.73 Å². The Balaban J connectivity index is 1.49. The minimum atomic E-state index is -0.850. The molecular formula is C16H18BrN7O2S. The number of aromatic amines is 1. The molecule has 0 radical (unpaired) electrons. The number of hydrogen-bond acceptors (Lipinski definition) is 7. The van der Waals surface area contributed by atoms with Crippen LogP contribution in [-0.4, -0.2) is 53.5 Å². The molecule has 27 heavy (non-hydrogen) atoms. The number of β-lactam (4-membered cyclic amide) rings is 1. The van der Waals surface area contributed by atoms with Crippen LogP contribution in [0.1, 0.15) is 37.3 Å². The minimum Gasteiger partial charge on any atom is -0.340 e. The molecule has 2 aliphatic heterocycles. The van der Waals surface area contributed by atoms with Gasteiger partial charge >= 0.3 is 0 Å². The number of amides is 2. The number of hydrogen-bond donors (Lipinski definition) is 3. The molecule has 1 aromatic carbocycles. The number of nitrogens with zero attached hydrogens (tertiary/aromatic N) is 4. The summed E-state index contributed by atoms with van der Waals surface area (Å²) in [6.07, 6.45) is 0. The smallest absolute Gasteiger partial charge is 0.249 e. The molecule has 3 heterocycles. The van der Waals surface area contributed by atoms with Gasteiger partial charge < -0.3 is 16.0 Å². The third-order valence-corrected chi connectivity index (χ3v) is 6.90. The van der Waals surface area contributed by atoms with Crippen molar-refractivity contribution in [1.82, 2.24) is 30.8 Å². The maximum Gasteiger partial charge on any atom is 0.249 e. The van der Waals surface area contributed by atoms with E-state index < -0.39 is 12.1 Å². The fourth-order valence-electron chi connectivity index (χ4n) is 3.54. The average molecular weight is 452 g/mol. The van der Waals surface area contributed by atoms with E-state index >= 15 is 0 Å². The van der Waals surface area contributed by atoms with Crippen LogP contribution in [0.2, 0.25) is 0 Å². The summed E-state index contributed by atoms with van der Waals surface area (Å²) in [6.45, 7) is 4.05. The molecular weight excluding hydrogens is 434 g/mol. The van der Waals surface area contributed by atoms with E-state index in [2.05, 4.69) is 41.9 Å². The second-order valence-corrected chi connectivity index (χ2v) is 9.74. The normalized spacial score (nSPS) is 27.0. The fourth-order valence-corrected chi connectivity index (χ4v) is 5.59. The lowest BCUT2D eigenvalue weighted by Crippen LogP contribution is -2.68. The molecule has 0 aliphatic carbocycles. The molecule has 11 heteroatoms. The van der Waals surface area contributed by atoms with Gasteiger partial charge in [0.15, 0.2) is 5.82 Å². The van der Waals surface area contributed by atoms with Crippen molar-refractivity contribution in [3.05, 3.63) is 40.1 Å². The van der Waals surface area contributed by atoms with Gasteiger partial charge in [-0.25, -0.2) is 0 Å². The third kappa shape index (κ3) is 3.03. The van der Waals surface area contributed by atoms with Gasteiger partial charge in [0.05, 0.1) is 0 Å². The van der Waals surface area contributed by atoms with Crippen LogP contribution in [0, 0.1) is 0 Å². The monoisotopic (exact) mass is 451 g/mol. The summed E-state index contributed by atoms with van der Waals surface area (Å²) < 4.78 is 0.529. The Kier molecular flexibility index (Phi) is 4.47. The number of carbonyl (C=O) groups excluding carboxylic acids is 2. The van der Waals surface area contributed by atoms with E-state index in [1.54, 1.807) is 28.8 Å². The zero-order valence-corrected chi connectivity index (χ0v) is 17.0. The standard InChI is InChI=1S/C16H18BrN7O2S/c1-16(2)11(12-20-22-23-21-12)24-14(26)10(15(24)27-16)19-13(25)9(18)7-4-3-5-8(17)6-7/h3-6,9-11,15H,18H2,1-2H3,(H,19,25)(H,20,21,22,23)/t9-,10?,11?,15-/m1/s1. The topological polar surface area (TPSA) is 130 Å². The van der Waals surface area contributed by atoms with Crippen molar-refractivity contribution >= 4 is 39.5 Å². The molecule has 4 rings (SSSR count). The highest BCUT2D eigenvalue weighted by atomic mass is 79.9. The van der Waals surface area contributed by atoms with Crippen molar-refractivity contribution in [2.45, 2.75) is 42.1 Å². The third-order valence-electron chi connectivity index (χ3n) is 4.84. The van der Waals surface area contributed by atoms with E-state index in [1.807, 2.05) is 26.0 Å². The molecule has 1 aromatic heterocycles. The highest BCUT2D eigenvalue weighted by molar-refractivity contribution is 9.10. The van der Waals surface area contributed by atoms with Crippen LogP contribution in [-0.2, 0) is 9.59 Å². The molecule has 2 aromatic rings. The number of nitrogens with one attached hydrogen (secondary N) is 2. The summed E-state index contributed by atoms with van der Waals surface area (Å²) in [5, 5.41) is 16.7. The van der Waals surface area contributed by atoms with E-state index in [-0.39, 0.29) is 28.0 Å². The molecule has 2 fully saturated rings. The summed E-state index contributed by atoms with van der Waals surface area (Å²) in [5.41, 5.74) is 6.75. The van der Waals surface area contributed by atoms with Crippen LogP contribution in [0.4, 0.5) is 0 Å². The summed E-state index contributed by atoms with van der Waals surface area (Å²) in [4.78, 5) is 27.1. The van der Waals surface area contributed by atoms with Crippen LogP contribution in [0.5, 0.6) is 0 Å². The van der Waals surface area contributed by atoms with Crippen molar-refractivity contribution in [1.29, 1.82) is 0 Å². The molecule has 9 nitrogen and oxygen atoms in total. The summed E-state index contributed by atoms with van der Waals surface area (Å²) >= 11 is 4.98. The van der Waals surface area contributed by atoms with Crippen LogP contribution >= 0.6 is 27.7 Å². The molecule has 0 saturated carbocycles. The van der Waals surface area contributed by atoms with Crippen molar-refractivity contribution in [3.8, 4) is 0 Å². The SMILES string of the molecule is CC1(C)S[C@@H]2C(NC(=O)[C@H](N)c3cccc(Br)c3)C(=O)N2C1c1nn[nH]n1. The van der Waals surface area contributed by atoms with Gasteiger partial charge in [-0.1, -0.05) is 33.3 Å². The number of carbonyl (C=O) groups is 2. The van der Waals surface area contributed by atoms with Gasteiger partial charge in [-0.3, -0.25) is 9.59 Å². The molecule has 142 valence electrons. The van der Waals surface area contributed by atoms with Gasteiger partial charge in [-0.2, -0.15) is 5.21 Å². The average Bonchev–Trinajstić information content (AvgIpc) is 3.23. The molecule has 0 bridgehead atoms. The second kappa shape index (κ2) is 6.57. The predicted molar refractivity (Wildman–Crippen MR) is 102 cm³/mol. The van der Waals surface area contributed by atoms with Gasteiger partial charge in [0.25, 0.3) is 0 Å². The van der Waals surface area contributed by atoms with Crippen LogP contribution in [0.15, 0.2) is 28.7 Å². The molecule has 0 spiro atoms. The maximum absolute atomic E-state index is 12.7. The maximum atomic E-state index is 12.7. The Morgan fingerprint density at radius 3 is 2.93 bits per heavy atom. The van der Waals surface area contributed by atoms with Crippen molar-refractivity contribution in [3.63, 3.8) is 0 Å². The molecule has 2 aliphatic rings. The number of aromatic nitrogens is 4. The van der Waals surface area contributed by atoms with Gasteiger partial charge in [-0.15, -0.1) is 22.0 Å². The first kappa shape index (κ1) is 18.4. The zero-order valence-electron chi connectivity index (χ0n) is 14.6. The lowest BCUT2D eigenvalue weighted by Gasteiger charge is -2.44. The lowest BCUT2D eigenvalue weighted by molar-refractivity contribution is -0.152. The van der Waals surface area contributed by atoms with Gasteiger partial charge in [-0.05, 0) is 31.5 Å². The fraction of sp³-hybridized carbons (Fsp3) is 0.438. The number of tetrazole rings is 1. The van der Waals surface area contributed by atoms with Gasteiger partial charge in [0.2, 0.25) is 11.8 Å². The molecule has 4 atom stereocenters. The number of thioether (sulfide) groups is 1. The second-order valence-electron chi connectivity index (χ2n) is 7.05. The highest BCUT2D eigenvalue weighted by Crippen LogP contribution is 2.56. The van der Waals surface area contributed by atoms with Gasteiger partial charge in [0, 0.05) is 9.22 Å². The first-order valence-corrected chi connectivity index (χ1v) is 10.0. The van der Waals surface area contributed by atoms with Crippen molar-refractivity contribution in [2.24, 2.45) is 5.73 Å². The Hall–Kier alpha value is -1.98. The van der Waals surface area contributed by atoms with E-state index in [0.29, 0.717) is 11.4 Å². The molecule has 2 unspecified atom stereocenters. The Morgan fingerprint density at radius 1 is 1.48 bits per heavy atom. The first-order chi connectivity index (χ1) is 12.8. The van der Waals surface area contributed by atoms with Crippen LogP contribution in [0.3, 0.4) is 0 Å². The van der Waals surface area contributed by atoms with E-state index in [0.717, 1.165) is 4.47 Å². The largest absolute Gasteiger partial charge is 0.340 e. The quantitative estimate of drug-likeness (QED) is 0.588. The van der Waals surface area contributed by atoms with E-state index in [1.165, 1.54) is 0 Å². The molecule has 2 saturated heterocycles. The van der Waals surface area contributed by atoms with Gasteiger partial charge in [0.1, 0.15) is 23.5 Å². The minimum absolute atomic E-state index is 0.164. The number of rotatable bonds is 4. The predicted octanol–water partition coefficient (Wildman–Crippen LogP) is 0.882. The van der Waals surface area contributed by atoms with Crippen LogP contribution in [0.25, 0.3) is 0 Å². The Bertz CT molecular complexity index is 891. The first-order valence-electron chi connectivity index (χ1n) is 8.34. The molecule has 4 N–H and O–H groups in total. The van der Waals surface area contributed by atoms with Crippen molar-refractivity contribution in [2.75, 3.05) is 0 Å². The van der Waals surface area contributed by atoms with E-state index in [9.17, 15) is 9.59 Å². The number of benzene rings is 1. The number of halogens is 1. The number of nitrogens with two attached hydrogens (primary N) is 1. The summed E-state index contributed by atoms with van der Waals surface area (Å²) in [7, 11) is 0. The van der Waals surface area contributed by atoms with Crippen molar-refractivity contribution < 1.29 is 9.59 Å². The Morgan fingerprint density at radius 2 is 2.26 bits per heavy atom. The molecule has 2 amide bonds. The van der Waals surface area contributed by atoms with Crippen LogP contribution < -0.4 is 11.1 Å². The lowest BCUT2D eigenvalue weighted by atomic mass is 9.95. The number of H-pyrrole nitrogens is 1. The highest BCUT2D eigenvalue weighted by Gasteiger charge is 2.63. The Labute approximate surface area is 167 Å².